The van der Waals surface area contributed by atoms with E-state index in [0.717, 1.165) is 11.3 Å². The van der Waals surface area contributed by atoms with E-state index in [1.165, 1.54) is 0 Å². The Labute approximate surface area is 94.5 Å². The van der Waals surface area contributed by atoms with Crippen LogP contribution in [0.4, 0.5) is 0 Å². The molecule has 0 saturated carbocycles. The van der Waals surface area contributed by atoms with Crippen molar-refractivity contribution in [1.29, 1.82) is 0 Å². The number of ether oxygens (including phenoxy) is 1. The molecule has 2 heteroatoms. The van der Waals surface area contributed by atoms with Crippen LogP contribution < -0.4 is 4.74 Å². The van der Waals surface area contributed by atoms with Crippen LogP contribution in [-0.4, -0.2) is 6.29 Å². The zero-order valence-corrected chi connectivity index (χ0v) is 8.72. The van der Waals surface area contributed by atoms with E-state index in [4.69, 9.17) is 4.74 Å². The molecule has 0 atom stereocenters. The normalized spacial score (nSPS) is 9.75. The second kappa shape index (κ2) is 5.12. The van der Waals surface area contributed by atoms with Crippen LogP contribution in [0.2, 0.25) is 0 Å². The molecule has 0 bridgehead atoms. The minimum Gasteiger partial charge on any atom is -0.489 e. The molecule has 1 radical (unpaired) electrons. The van der Waals surface area contributed by atoms with Crippen molar-refractivity contribution in [2.75, 3.05) is 0 Å². The maximum Gasteiger partial charge on any atom is 0.233 e. The van der Waals surface area contributed by atoms with Gasteiger partial charge in [-0.15, -0.1) is 0 Å². The second-order valence-corrected chi connectivity index (χ2v) is 3.40. The second-order valence-electron chi connectivity index (χ2n) is 3.40. The quantitative estimate of drug-likeness (QED) is 0.777. The highest BCUT2D eigenvalue weighted by atomic mass is 16.5. The van der Waals surface area contributed by atoms with Crippen molar-refractivity contribution in [1.82, 2.24) is 0 Å². The molecule has 2 rings (SSSR count). The molecular formula is C14H11O2. The number of benzene rings is 2. The van der Waals surface area contributed by atoms with Crippen molar-refractivity contribution in [2.45, 2.75) is 6.61 Å². The molecule has 16 heavy (non-hydrogen) atoms. The minimum absolute atomic E-state index is 0.503. The molecule has 0 unspecified atom stereocenters. The van der Waals surface area contributed by atoms with Gasteiger partial charge >= 0.3 is 0 Å². The minimum atomic E-state index is 0.503. The molecule has 0 aliphatic heterocycles. The van der Waals surface area contributed by atoms with Gasteiger partial charge in [-0.2, -0.15) is 0 Å². The largest absolute Gasteiger partial charge is 0.489 e. The standard InChI is InChI=1S/C14H11O2/c15-10-12-6-8-13(9-7-12)11-16-14-4-2-1-3-5-14/h1-9H,11H2. The van der Waals surface area contributed by atoms with Crippen molar-refractivity contribution >= 4 is 6.29 Å². The van der Waals surface area contributed by atoms with Gasteiger partial charge in [0.2, 0.25) is 6.29 Å². The van der Waals surface area contributed by atoms with E-state index in [1.807, 2.05) is 48.8 Å². The Morgan fingerprint density at radius 1 is 0.938 bits per heavy atom. The van der Waals surface area contributed by atoms with Crippen molar-refractivity contribution in [2.24, 2.45) is 0 Å². The lowest BCUT2D eigenvalue weighted by molar-refractivity contribution is 0.306. The van der Waals surface area contributed by atoms with E-state index < -0.39 is 0 Å². The SMILES string of the molecule is O=[C]c1ccc(COc2ccccc2)cc1. The number of rotatable bonds is 4. The van der Waals surface area contributed by atoms with Crippen LogP contribution >= 0.6 is 0 Å². The fourth-order valence-corrected chi connectivity index (χ4v) is 1.35. The molecule has 0 N–H and O–H groups in total. The number of carbonyl (C=O) groups excluding carboxylic acids is 1. The predicted molar refractivity (Wildman–Crippen MR) is 62.0 cm³/mol. The van der Waals surface area contributed by atoms with Gasteiger partial charge < -0.3 is 4.74 Å². The molecule has 0 amide bonds. The fourth-order valence-electron chi connectivity index (χ4n) is 1.35. The van der Waals surface area contributed by atoms with Crippen molar-refractivity contribution in [3.05, 3.63) is 65.7 Å². The zero-order valence-electron chi connectivity index (χ0n) is 8.72. The van der Waals surface area contributed by atoms with Crippen LogP contribution in [-0.2, 0) is 11.4 Å². The van der Waals surface area contributed by atoms with Gasteiger partial charge in [-0.25, -0.2) is 0 Å². The van der Waals surface area contributed by atoms with E-state index >= 15 is 0 Å². The van der Waals surface area contributed by atoms with Gasteiger partial charge in [0.05, 0.1) is 0 Å². The topological polar surface area (TPSA) is 26.3 Å². The van der Waals surface area contributed by atoms with Crippen molar-refractivity contribution in [3.63, 3.8) is 0 Å². The summed E-state index contributed by atoms with van der Waals surface area (Å²) in [6.45, 7) is 0.503. The Morgan fingerprint density at radius 3 is 2.25 bits per heavy atom. The Hall–Kier alpha value is -2.09. The highest BCUT2D eigenvalue weighted by Crippen LogP contribution is 2.11. The van der Waals surface area contributed by atoms with Gasteiger partial charge in [0.25, 0.3) is 0 Å². The Bertz CT molecular complexity index is 446. The molecule has 0 spiro atoms. The molecular weight excluding hydrogens is 200 g/mol. The monoisotopic (exact) mass is 211 g/mol. The van der Waals surface area contributed by atoms with Gasteiger partial charge in [0.15, 0.2) is 0 Å². The number of hydrogen-bond donors (Lipinski definition) is 0. The third-order valence-corrected chi connectivity index (χ3v) is 2.22. The van der Waals surface area contributed by atoms with Gasteiger partial charge in [-0.05, 0) is 17.7 Å². The lowest BCUT2D eigenvalue weighted by Crippen LogP contribution is -1.95. The molecule has 2 aromatic rings. The first kappa shape index (κ1) is 10.4. The molecule has 0 aliphatic rings. The van der Waals surface area contributed by atoms with E-state index in [2.05, 4.69) is 0 Å². The summed E-state index contributed by atoms with van der Waals surface area (Å²) in [7, 11) is 0. The first-order chi connectivity index (χ1) is 7.88. The molecule has 0 fully saturated rings. The molecule has 2 nitrogen and oxygen atoms in total. The summed E-state index contributed by atoms with van der Waals surface area (Å²) in [6.07, 6.45) is 1.84. The third kappa shape index (κ3) is 2.70. The van der Waals surface area contributed by atoms with Gasteiger partial charge in [-0.1, -0.05) is 42.5 Å². The van der Waals surface area contributed by atoms with Crippen LogP contribution in [0.3, 0.4) is 0 Å². The number of hydrogen-bond acceptors (Lipinski definition) is 2. The van der Waals surface area contributed by atoms with Gasteiger partial charge in [0.1, 0.15) is 12.4 Å². The van der Waals surface area contributed by atoms with Crippen molar-refractivity contribution < 1.29 is 9.53 Å². The zero-order chi connectivity index (χ0) is 11.2. The van der Waals surface area contributed by atoms with Gasteiger partial charge in [-0.3, -0.25) is 4.79 Å². The molecule has 79 valence electrons. The average Bonchev–Trinajstić information content (AvgIpc) is 2.38. The van der Waals surface area contributed by atoms with E-state index in [0.29, 0.717) is 12.2 Å². The van der Waals surface area contributed by atoms with E-state index in [9.17, 15) is 4.79 Å². The van der Waals surface area contributed by atoms with E-state index in [1.54, 1.807) is 12.1 Å². The maximum absolute atomic E-state index is 10.3. The summed E-state index contributed by atoms with van der Waals surface area (Å²) >= 11 is 0. The maximum atomic E-state index is 10.3. The molecule has 0 heterocycles. The highest BCUT2D eigenvalue weighted by Gasteiger charge is 1.96. The molecule has 0 saturated heterocycles. The van der Waals surface area contributed by atoms with Gasteiger partial charge in [0, 0.05) is 5.56 Å². The van der Waals surface area contributed by atoms with Crippen LogP contribution in [0, 0.1) is 0 Å². The highest BCUT2D eigenvalue weighted by molar-refractivity contribution is 5.75. The number of para-hydroxylation sites is 1. The lowest BCUT2D eigenvalue weighted by Gasteiger charge is -2.05. The Balaban J connectivity index is 1.97. The summed E-state index contributed by atoms with van der Waals surface area (Å²) in [4.78, 5) is 10.3. The van der Waals surface area contributed by atoms with Crippen LogP contribution in [0.25, 0.3) is 0 Å². The average molecular weight is 211 g/mol. The fraction of sp³-hybridized carbons (Fsp3) is 0.0714. The Morgan fingerprint density at radius 2 is 1.62 bits per heavy atom. The first-order valence-corrected chi connectivity index (χ1v) is 5.03. The summed E-state index contributed by atoms with van der Waals surface area (Å²) < 4.78 is 5.57. The van der Waals surface area contributed by atoms with Crippen LogP contribution in [0.15, 0.2) is 54.6 Å². The smallest absolute Gasteiger partial charge is 0.233 e. The molecule has 0 aliphatic carbocycles. The Kier molecular flexibility index (Phi) is 3.34. The summed E-state index contributed by atoms with van der Waals surface area (Å²) in [6, 6.07) is 16.8. The van der Waals surface area contributed by atoms with Crippen LogP contribution in [0.5, 0.6) is 5.75 Å². The lowest BCUT2D eigenvalue weighted by atomic mass is 10.2. The summed E-state index contributed by atoms with van der Waals surface area (Å²) in [5.74, 6) is 0.841. The predicted octanol–water partition coefficient (Wildman–Crippen LogP) is 2.72. The first-order valence-electron chi connectivity index (χ1n) is 5.03. The van der Waals surface area contributed by atoms with E-state index in [-0.39, 0.29) is 0 Å². The summed E-state index contributed by atoms with van der Waals surface area (Å²) in [5, 5.41) is 0. The molecule has 2 aromatic carbocycles. The third-order valence-electron chi connectivity index (χ3n) is 2.22. The summed E-state index contributed by atoms with van der Waals surface area (Å²) in [5.41, 5.74) is 1.59. The van der Waals surface area contributed by atoms with Crippen LogP contribution in [0.1, 0.15) is 11.1 Å². The van der Waals surface area contributed by atoms with Crippen molar-refractivity contribution in [3.8, 4) is 5.75 Å². The molecule has 0 aromatic heterocycles.